The highest BCUT2D eigenvalue weighted by Crippen LogP contribution is 2.35. The summed E-state index contributed by atoms with van der Waals surface area (Å²) in [4.78, 5) is 24.3. The third-order valence-electron chi connectivity index (χ3n) is 4.87. The molecule has 0 aliphatic carbocycles. The van der Waals surface area contributed by atoms with Crippen molar-refractivity contribution in [3.63, 3.8) is 0 Å². The van der Waals surface area contributed by atoms with Crippen molar-refractivity contribution in [1.29, 1.82) is 0 Å². The zero-order chi connectivity index (χ0) is 21.2. The van der Waals surface area contributed by atoms with Crippen molar-refractivity contribution in [2.75, 3.05) is 0 Å². The Balaban J connectivity index is 1.57. The summed E-state index contributed by atoms with van der Waals surface area (Å²) in [5.41, 5.74) is 2.35. The van der Waals surface area contributed by atoms with E-state index in [-0.39, 0.29) is 10.8 Å². The highest BCUT2D eigenvalue weighted by molar-refractivity contribution is 7.99. The van der Waals surface area contributed by atoms with Crippen LogP contribution in [0.1, 0.15) is 18.0 Å². The van der Waals surface area contributed by atoms with Crippen molar-refractivity contribution in [3.8, 4) is 17.1 Å². The van der Waals surface area contributed by atoms with E-state index < -0.39 is 0 Å². The van der Waals surface area contributed by atoms with E-state index in [1.807, 2.05) is 72.2 Å². The Labute approximate surface area is 182 Å². The number of hydrogen-bond donors (Lipinski definition) is 1. The number of rotatable bonds is 5. The van der Waals surface area contributed by atoms with E-state index >= 15 is 0 Å². The Morgan fingerprint density at radius 1 is 0.968 bits per heavy atom. The fourth-order valence-electron chi connectivity index (χ4n) is 3.35. The smallest absolute Gasteiger partial charge is 0.258 e. The van der Waals surface area contributed by atoms with E-state index in [9.17, 15) is 4.79 Å². The molecule has 152 valence electrons. The van der Waals surface area contributed by atoms with E-state index in [0.29, 0.717) is 27.7 Å². The number of benzene rings is 2. The fourth-order valence-corrected chi connectivity index (χ4v) is 4.27. The first kappa shape index (κ1) is 19.2. The second-order valence-electron chi connectivity index (χ2n) is 6.95. The molecule has 0 bridgehead atoms. The molecule has 0 aliphatic heterocycles. The van der Waals surface area contributed by atoms with Crippen LogP contribution in [0.3, 0.4) is 0 Å². The van der Waals surface area contributed by atoms with Gasteiger partial charge >= 0.3 is 0 Å². The van der Waals surface area contributed by atoms with E-state index in [1.165, 1.54) is 11.8 Å². The number of pyridine rings is 1. The molecular formula is C23H18N6OS. The van der Waals surface area contributed by atoms with Gasteiger partial charge in [0.15, 0.2) is 11.0 Å². The summed E-state index contributed by atoms with van der Waals surface area (Å²) < 4.78 is 2.00. The quantitative estimate of drug-likeness (QED) is 0.419. The van der Waals surface area contributed by atoms with Crippen LogP contribution in [-0.2, 0) is 0 Å². The summed E-state index contributed by atoms with van der Waals surface area (Å²) in [6.45, 7) is 1.99. The van der Waals surface area contributed by atoms with Gasteiger partial charge in [-0.05, 0) is 43.3 Å². The lowest BCUT2D eigenvalue weighted by Gasteiger charge is -2.13. The van der Waals surface area contributed by atoms with Crippen LogP contribution in [0, 0.1) is 0 Å². The number of nitrogens with zero attached hydrogens (tertiary/aromatic N) is 5. The predicted octanol–water partition coefficient (Wildman–Crippen LogP) is 4.42. The normalized spacial score (nSPS) is 12.2. The summed E-state index contributed by atoms with van der Waals surface area (Å²) in [5.74, 6) is 1.30. The number of hydrogen-bond acceptors (Lipinski definition) is 6. The van der Waals surface area contributed by atoms with Crippen LogP contribution in [0.2, 0.25) is 0 Å². The van der Waals surface area contributed by atoms with Gasteiger partial charge in [0.2, 0.25) is 0 Å². The molecule has 7 nitrogen and oxygen atoms in total. The molecule has 3 aromatic heterocycles. The number of fused-ring (bicyclic) bond motifs is 1. The molecule has 0 saturated carbocycles. The van der Waals surface area contributed by atoms with Gasteiger partial charge in [0.25, 0.3) is 5.56 Å². The van der Waals surface area contributed by atoms with Crippen LogP contribution in [0.15, 0.2) is 89.1 Å². The lowest BCUT2D eigenvalue weighted by atomic mass is 10.2. The van der Waals surface area contributed by atoms with Gasteiger partial charge in [-0.1, -0.05) is 42.1 Å². The average molecular weight is 427 g/mol. The molecule has 5 rings (SSSR count). The molecule has 2 aromatic carbocycles. The van der Waals surface area contributed by atoms with E-state index in [1.54, 1.807) is 18.5 Å². The maximum atomic E-state index is 12.5. The van der Waals surface area contributed by atoms with Gasteiger partial charge in [-0.2, -0.15) is 0 Å². The summed E-state index contributed by atoms with van der Waals surface area (Å²) in [5, 5.41) is 10.0. The first-order valence-electron chi connectivity index (χ1n) is 9.77. The molecule has 0 amide bonds. The Morgan fingerprint density at radius 3 is 2.58 bits per heavy atom. The number of aromatic nitrogens is 6. The molecule has 1 N–H and O–H groups in total. The molecule has 1 atom stereocenters. The maximum absolute atomic E-state index is 12.5. The van der Waals surface area contributed by atoms with Crippen LogP contribution in [0.25, 0.3) is 28.0 Å². The van der Waals surface area contributed by atoms with Gasteiger partial charge < -0.3 is 4.98 Å². The number of nitrogens with one attached hydrogen (secondary N) is 1. The van der Waals surface area contributed by atoms with Crippen LogP contribution < -0.4 is 5.56 Å². The number of thioether (sulfide) groups is 1. The van der Waals surface area contributed by atoms with Crippen LogP contribution in [0.4, 0.5) is 0 Å². The minimum atomic E-state index is -0.147. The summed E-state index contributed by atoms with van der Waals surface area (Å²) in [6.07, 6.45) is 3.50. The standard InChI is InChI=1S/C23H18N6OS/c1-15(20-25-19-12-6-5-11-18(19)22(30)26-20)31-23-28-27-21(16-8-7-13-24-14-16)29(23)17-9-3-2-4-10-17/h2-15H,1H3,(H,25,26,30)/t15-/m1/s1. The third kappa shape index (κ3) is 3.73. The number of H-pyrrole nitrogens is 1. The van der Waals surface area contributed by atoms with Gasteiger partial charge in [0.1, 0.15) is 5.82 Å². The van der Waals surface area contributed by atoms with Crippen LogP contribution >= 0.6 is 11.8 Å². The van der Waals surface area contributed by atoms with Gasteiger partial charge in [-0.3, -0.25) is 14.3 Å². The number of para-hydroxylation sites is 2. The Kier molecular flexibility index (Phi) is 5.05. The van der Waals surface area contributed by atoms with Crippen molar-refractivity contribution >= 4 is 22.7 Å². The van der Waals surface area contributed by atoms with Gasteiger partial charge in [-0.15, -0.1) is 10.2 Å². The monoisotopic (exact) mass is 426 g/mol. The Hall–Kier alpha value is -3.78. The van der Waals surface area contributed by atoms with Crippen molar-refractivity contribution in [1.82, 2.24) is 29.7 Å². The SMILES string of the molecule is C[C@@H](Sc1nnc(-c2cccnc2)n1-c1ccccc1)c1nc2ccccc2c(=O)[nH]1. The highest BCUT2D eigenvalue weighted by Gasteiger charge is 2.20. The summed E-state index contributed by atoms with van der Waals surface area (Å²) in [6, 6.07) is 21.1. The fraction of sp³-hybridized carbons (Fsp3) is 0.0870. The highest BCUT2D eigenvalue weighted by atomic mass is 32.2. The molecule has 0 spiro atoms. The van der Waals surface area contributed by atoms with Crippen molar-refractivity contribution in [2.24, 2.45) is 0 Å². The topological polar surface area (TPSA) is 89.3 Å². The second-order valence-corrected chi connectivity index (χ2v) is 8.26. The third-order valence-corrected chi connectivity index (χ3v) is 5.92. The zero-order valence-corrected chi connectivity index (χ0v) is 17.5. The lowest BCUT2D eigenvalue weighted by Crippen LogP contribution is -2.13. The van der Waals surface area contributed by atoms with E-state index in [0.717, 1.165) is 11.3 Å². The first-order chi connectivity index (χ1) is 15.2. The van der Waals surface area contributed by atoms with Crippen molar-refractivity contribution in [3.05, 3.63) is 95.3 Å². The van der Waals surface area contributed by atoms with Crippen molar-refractivity contribution < 1.29 is 0 Å². The van der Waals surface area contributed by atoms with E-state index in [2.05, 4.69) is 25.1 Å². The van der Waals surface area contributed by atoms with Gasteiger partial charge in [0.05, 0.1) is 16.2 Å². The molecule has 8 heteroatoms. The minimum absolute atomic E-state index is 0.145. The maximum Gasteiger partial charge on any atom is 0.258 e. The largest absolute Gasteiger partial charge is 0.309 e. The molecule has 0 unspecified atom stereocenters. The number of aromatic amines is 1. The Bertz CT molecular complexity index is 1400. The second kappa shape index (κ2) is 8.16. The molecule has 3 heterocycles. The van der Waals surface area contributed by atoms with Crippen LogP contribution in [0.5, 0.6) is 0 Å². The average Bonchev–Trinajstić information content (AvgIpc) is 3.23. The molecule has 0 aliphatic rings. The molecule has 5 aromatic rings. The van der Waals surface area contributed by atoms with Gasteiger partial charge in [-0.25, -0.2) is 4.98 Å². The molecule has 0 radical (unpaired) electrons. The van der Waals surface area contributed by atoms with Crippen molar-refractivity contribution in [2.45, 2.75) is 17.3 Å². The summed E-state index contributed by atoms with van der Waals surface area (Å²) >= 11 is 1.49. The molecule has 0 saturated heterocycles. The molecule has 0 fully saturated rings. The summed E-state index contributed by atoms with van der Waals surface area (Å²) in [7, 11) is 0. The van der Waals surface area contributed by atoms with Gasteiger partial charge in [0, 0.05) is 23.6 Å². The predicted molar refractivity (Wildman–Crippen MR) is 121 cm³/mol. The van der Waals surface area contributed by atoms with E-state index in [4.69, 9.17) is 0 Å². The lowest BCUT2D eigenvalue weighted by molar-refractivity contribution is 0.862. The first-order valence-corrected chi connectivity index (χ1v) is 10.7. The molecule has 31 heavy (non-hydrogen) atoms. The Morgan fingerprint density at radius 2 is 1.77 bits per heavy atom. The van der Waals surface area contributed by atoms with Crippen LogP contribution in [-0.4, -0.2) is 29.7 Å². The molecular weight excluding hydrogens is 408 g/mol. The minimum Gasteiger partial charge on any atom is -0.309 e. The zero-order valence-electron chi connectivity index (χ0n) is 16.6.